The molecule has 0 aliphatic heterocycles. The highest BCUT2D eigenvalue weighted by atomic mass is 32.1. The Bertz CT molecular complexity index is 1160. The highest BCUT2D eigenvalue weighted by Gasteiger charge is 2.20. The van der Waals surface area contributed by atoms with Crippen molar-refractivity contribution < 1.29 is 9.59 Å². The lowest BCUT2D eigenvalue weighted by Crippen LogP contribution is -2.13. The van der Waals surface area contributed by atoms with E-state index in [-0.39, 0.29) is 11.7 Å². The maximum atomic E-state index is 13.2. The Hall–Kier alpha value is -3.50. The lowest BCUT2D eigenvalue weighted by molar-refractivity contribution is -0.115. The summed E-state index contributed by atoms with van der Waals surface area (Å²) >= 11 is 1.32. The number of carbonyl (C=O) groups is 2. The van der Waals surface area contributed by atoms with Crippen molar-refractivity contribution in [2.24, 2.45) is 0 Å². The number of anilines is 1. The summed E-state index contributed by atoms with van der Waals surface area (Å²) in [4.78, 5) is 26.4. The van der Waals surface area contributed by atoms with Gasteiger partial charge in [-0.05, 0) is 24.1 Å². The van der Waals surface area contributed by atoms with Crippen LogP contribution in [0, 0.1) is 6.92 Å². The van der Waals surface area contributed by atoms with Crippen LogP contribution in [0.2, 0.25) is 0 Å². The first-order chi connectivity index (χ1) is 14.6. The lowest BCUT2D eigenvalue weighted by Gasteiger charge is -2.03. The Morgan fingerprint density at radius 1 is 0.833 bits per heavy atom. The zero-order valence-electron chi connectivity index (χ0n) is 16.6. The van der Waals surface area contributed by atoms with E-state index in [4.69, 9.17) is 0 Å². The Kier molecular flexibility index (Phi) is 5.87. The number of carbonyl (C=O) groups excluding carboxylic acids is 2. The summed E-state index contributed by atoms with van der Waals surface area (Å²) in [5.74, 6) is -0.142. The second-order valence-corrected chi connectivity index (χ2v) is 8.18. The van der Waals surface area contributed by atoms with Gasteiger partial charge in [-0.3, -0.25) is 9.59 Å². The van der Waals surface area contributed by atoms with Crippen molar-refractivity contribution in [1.82, 2.24) is 0 Å². The van der Waals surface area contributed by atoms with Gasteiger partial charge in [0.15, 0.2) is 0 Å². The van der Waals surface area contributed by atoms with E-state index >= 15 is 0 Å². The Morgan fingerprint density at radius 2 is 1.47 bits per heavy atom. The summed E-state index contributed by atoms with van der Waals surface area (Å²) in [6, 6.07) is 28.8. The van der Waals surface area contributed by atoms with Gasteiger partial charge in [0.25, 0.3) is 0 Å². The van der Waals surface area contributed by atoms with Crippen LogP contribution in [0.3, 0.4) is 0 Å². The van der Waals surface area contributed by atoms with E-state index in [1.807, 2.05) is 97.9 Å². The summed E-state index contributed by atoms with van der Waals surface area (Å²) in [5, 5.41) is 3.64. The molecule has 0 aliphatic rings. The van der Waals surface area contributed by atoms with Crippen molar-refractivity contribution in [3.8, 4) is 11.1 Å². The molecule has 1 aromatic heterocycles. The third kappa shape index (κ3) is 4.56. The Balaban J connectivity index is 1.62. The zero-order chi connectivity index (χ0) is 20.9. The van der Waals surface area contributed by atoms with Crippen molar-refractivity contribution in [3.63, 3.8) is 0 Å². The molecule has 0 bridgehead atoms. The Morgan fingerprint density at radius 3 is 2.13 bits per heavy atom. The average Bonchev–Trinajstić information content (AvgIpc) is 3.19. The molecule has 0 radical (unpaired) electrons. The maximum Gasteiger partial charge on any atom is 0.229 e. The van der Waals surface area contributed by atoms with Gasteiger partial charge in [-0.1, -0.05) is 90.5 Å². The molecule has 1 heterocycles. The van der Waals surface area contributed by atoms with Crippen LogP contribution < -0.4 is 5.32 Å². The van der Waals surface area contributed by atoms with E-state index in [9.17, 15) is 9.59 Å². The Labute approximate surface area is 180 Å². The smallest absolute Gasteiger partial charge is 0.229 e. The summed E-state index contributed by atoms with van der Waals surface area (Å²) in [5.41, 5.74) is 4.54. The molecule has 0 atom stereocenters. The van der Waals surface area contributed by atoms with Crippen molar-refractivity contribution in [1.29, 1.82) is 0 Å². The molecule has 4 aromatic rings. The molecule has 1 N–H and O–H groups in total. The van der Waals surface area contributed by atoms with Crippen LogP contribution in [-0.2, 0) is 11.2 Å². The first-order valence-corrected chi connectivity index (χ1v) is 10.6. The van der Waals surface area contributed by atoms with Crippen molar-refractivity contribution in [2.75, 3.05) is 5.32 Å². The number of benzene rings is 3. The molecule has 0 fully saturated rings. The predicted molar refractivity (Wildman–Crippen MR) is 123 cm³/mol. The molecule has 1 amide bonds. The summed E-state index contributed by atoms with van der Waals surface area (Å²) in [6.45, 7) is 2.02. The van der Waals surface area contributed by atoms with Gasteiger partial charge in [0.2, 0.25) is 11.7 Å². The number of amides is 1. The SMILES string of the molecule is Cc1ccc(CC(=O)Nc2cc(-c3ccccc3)c(C(=O)c3ccccc3)s2)cc1. The molecular weight excluding hydrogens is 390 g/mol. The van der Waals surface area contributed by atoms with E-state index in [2.05, 4.69) is 5.32 Å². The molecule has 0 unspecified atom stereocenters. The number of hydrogen-bond donors (Lipinski definition) is 1. The van der Waals surface area contributed by atoms with Crippen LogP contribution in [0.25, 0.3) is 11.1 Å². The fourth-order valence-electron chi connectivity index (χ4n) is 3.25. The predicted octanol–water partition coefficient (Wildman–Crippen LogP) is 6.14. The third-order valence-corrected chi connectivity index (χ3v) is 5.86. The molecule has 4 rings (SSSR count). The minimum atomic E-state index is -0.0987. The van der Waals surface area contributed by atoms with Crippen LogP contribution in [0.5, 0.6) is 0 Å². The normalized spacial score (nSPS) is 10.6. The minimum absolute atomic E-state index is 0.0431. The first-order valence-electron chi connectivity index (χ1n) is 9.74. The van der Waals surface area contributed by atoms with Crippen LogP contribution in [-0.4, -0.2) is 11.7 Å². The van der Waals surface area contributed by atoms with Gasteiger partial charge in [0, 0.05) is 11.1 Å². The highest BCUT2D eigenvalue weighted by Crippen LogP contribution is 2.36. The van der Waals surface area contributed by atoms with E-state index in [0.29, 0.717) is 21.9 Å². The molecule has 0 saturated carbocycles. The van der Waals surface area contributed by atoms with E-state index in [1.165, 1.54) is 11.3 Å². The van der Waals surface area contributed by atoms with E-state index in [1.54, 1.807) is 0 Å². The molecule has 30 heavy (non-hydrogen) atoms. The number of thiophene rings is 1. The number of rotatable bonds is 6. The maximum absolute atomic E-state index is 13.2. The number of ketones is 1. The van der Waals surface area contributed by atoms with Gasteiger partial charge in [0.1, 0.15) is 0 Å². The summed E-state index contributed by atoms with van der Waals surface area (Å²) < 4.78 is 0. The van der Waals surface area contributed by atoms with Crippen molar-refractivity contribution >= 4 is 28.0 Å². The van der Waals surface area contributed by atoms with Crippen LogP contribution in [0.4, 0.5) is 5.00 Å². The minimum Gasteiger partial charge on any atom is -0.317 e. The molecular formula is C26H21NO2S. The average molecular weight is 412 g/mol. The standard InChI is InChI=1S/C26H21NO2S/c1-18-12-14-19(15-13-18)16-23(28)27-24-17-22(20-8-4-2-5-9-20)26(30-24)25(29)21-10-6-3-7-11-21/h2-15,17H,16H2,1H3,(H,27,28). The first kappa shape index (κ1) is 19.8. The van der Waals surface area contributed by atoms with Crippen LogP contribution in [0.1, 0.15) is 26.4 Å². The number of hydrogen-bond acceptors (Lipinski definition) is 3. The monoisotopic (exact) mass is 411 g/mol. The second kappa shape index (κ2) is 8.89. The van der Waals surface area contributed by atoms with Gasteiger partial charge < -0.3 is 5.32 Å². The van der Waals surface area contributed by atoms with Gasteiger partial charge in [-0.25, -0.2) is 0 Å². The molecule has 4 heteroatoms. The fourth-order valence-corrected chi connectivity index (χ4v) is 4.31. The summed E-state index contributed by atoms with van der Waals surface area (Å²) in [6.07, 6.45) is 0.292. The van der Waals surface area contributed by atoms with Gasteiger partial charge in [-0.2, -0.15) is 0 Å². The van der Waals surface area contributed by atoms with Gasteiger partial charge in [0.05, 0.1) is 16.3 Å². The molecule has 0 aliphatic carbocycles. The fraction of sp³-hybridized carbons (Fsp3) is 0.0769. The topological polar surface area (TPSA) is 46.2 Å². The quantitative estimate of drug-likeness (QED) is 0.388. The van der Waals surface area contributed by atoms with E-state index < -0.39 is 0 Å². The third-order valence-electron chi connectivity index (χ3n) is 4.81. The molecule has 148 valence electrons. The lowest BCUT2D eigenvalue weighted by atomic mass is 10.0. The number of nitrogens with one attached hydrogen (secondary N) is 1. The summed E-state index contributed by atoms with van der Waals surface area (Å²) in [7, 11) is 0. The van der Waals surface area contributed by atoms with Crippen molar-refractivity contribution in [2.45, 2.75) is 13.3 Å². The molecule has 3 aromatic carbocycles. The second-order valence-electron chi connectivity index (χ2n) is 7.13. The molecule has 3 nitrogen and oxygen atoms in total. The van der Waals surface area contributed by atoms with E-state index in [0.717, 1.165) is 22.3 Å². The zero-order valence-corrected chi connectivity index (χ0v) is 17.4. The van der Waals surface area contributed by atoms with Gasteiger partial charge in [-0.15, -0.1) is 11.3 Å². The number of aryl methyl sites for hydroxylation is 1. The van der Waals surface area contributed by atoms with Gasteiger partial charge >= 0.3 is 0 Å². The van der Waals surface area contributed by atoms with Crippen LogP contribution >= 0.6 is 11.3 Å². The van der Waals surface area contributed by atoms with Crippen LogP contribution in [0.15, 0.2) is 91.0 Å². The highest BCUT2D eigenvalue weighted by molar-refractivity contribution is 7.18. The molecule has 0 spiro atoms. The molecule has 0 saturated heterocycles. The van der Waals surface area contributed by atoms with Crippen molar-refractivity contribution in [3.05, 3.63) is 113 Å². The largest absolute Gasteiger partial charge is 0.317 e.